The van der Waals surface area contributed by atoms with Gasteiger partial charge in [0.05, 0.1) is 12.2 Å². The lowest BCUT2D eigenvalue weighted by Crippen LogP contribution is -2.38. The van der Waals surface area contributed by atoms with Crippen LogP contribution in [-0.2, 0) is 16.1 Å². The number of carbonyl (C=O) groups is 2. The largest absolute Gasteiger partial charge is 0.481 e. The van der Waals surface area contributed by atoms with Crippen molar-refractivity contribution in [2.24, 2.45) is 0 Å². The third-order valence-corrected chi connectivity index (χ3v) is 4.72. The molecule has 0 aromatic heterocycles. The maximum absolute atomic E-state index is 13.1. The number of nitrogens with one attached hydrogen (secondary N) is 1. The summed E-state index contributed by atoms with van der Waals surface area (Å²) in [5.74, 6) is -0.800. The lowest BCUT2D eigenvalue weighted by molar-refractivity contribution is -0.121. The number of fused-ring (bicyclic) bond motifs is 1. The highest BCUT2D eigenvalue weighted by Crippen LogP contribution is 2.35. The molecule has 1 aliphatic rings. The number of amides is 2. The van der Waals surface area contributed by atoms with Crippen LogP contribution in [0.25, 0.3) is 6.08 Å². The molecule has 0 bridgehead atoms. The van der Waals surface area contributed by atoms with Crippen molar-refractivity contribution < 1.29 is 23.1 Å². The highest BCUT2D eigenvalue weighted by Gasteiger charge is 2.26. The summed E-state index contributed by atoms with van der Waals surface area (Å²) in [6, 6.07) is 16.7. The Morgan fingerprint density at radius 2 is 1.68 bits per heavy atom. The summed E-state index contributed by atoms with van der Waals surface area (Å²) in [7, 11) is 0. The number of ether oxygens (including phenoxy) is 1. The third kappa shape index (κ3) is 4.95. The van der Waals surface area contributed by atoms with Crippen LogP contribution in [0, 0.1) is 11.6 Å². The molecular formula is C24H18F2N2O3. The van der Waals surface area contributed by atoms with Gasteiger partial charge in [0.15, 0.2) is 6.61 Å². The molecule has 5 nitrogen and oxygen atoms in total. The van der Waals surface area contributed by atoms with Gasteiger partial charge in [-0.15, -0.1) is 0 Å². The molecule has 1 aliphatic heterocycles. The number of benzene rings is 3. The van der Waals surface area contributed by atoms with Crippen molar-refractivity contribution in [3.8, 4) is 5.75 Å². The molecule has 7 heteroatoms. The number of hydrogen-bond acceptors (Lipinski definition) is 3. The second-order valence-electron chi connectivity index (χ2n) is 6.95. The maximum atomic E-state index is 13.1. The zero-order valence-electron chi connectivity index (χ0n) is 16.3. The summed E-state index contributed by atoms with van der Waals surface area (Å²) in [4.78, 5) is 26.1. The van der Waals surface area contributed by atoms with Crippen LogP contribution in [0.3, 0.4) is 0 Å². The molecule has 0 spiro atoms. The molecule has 1 heterocycles. The number of carbonyl (C=O) groups excluding carboxylic acids is 2. The van der Waals surface area contributed by atoms with E-state index in [0.29, 0.717) is 22.7 Å². The molecule has 1 N–H and O–H groups in total. The number of nitrogens with zero attached hydrogens (tertiary/aromatic N) is 1. The Kier molecular flexibility index (Phi) is 5.75. The second kappa shape index (κ2) is 8.79. The van der Waals surface area contributed by atoms with E-state index in [9.17, 15) is 18.4 Å². The number of rotatable bonds is 5. The fourth-order valence-corrected chi connectivity index (χ4v) is 3.16. The monoisotopic (exact) mass is 420 g/mol. The van der Waals surface area contributed by atoms with E-state index < -0.39 is 0 Å². The van der Waals surface area contributed by atoms with Crippen LogP contribution in [0.4, 0.5) is 20.2 Å². The van der Waals surface area contributed by atoms with E-state index in [1.165, 1.54) is 30.3 Å². The first-order valence-electron chi connectivity index (χ1n) is 9.54. The molecule has 0 radical (unpaired) electrons. The van der Waals surface area contributed by atoms with Crippen LogP contribution in [-0.4, -0.2) is 18.4 Å². The van der Waals surface area contributed by atoms with Crippen molar-refractivity contribution in [3.63, 3.8) is 0 Å². The minimum atomic E-state index is -0.362. The summed E-state index contributed by atoms with van der Waals surface area (Å²) in [6.45, 7) is 0.150. The molecule has 3 aromatic carbocycles. The maximum Gasteiger partial charge on any atom is 0.265 e. The van der Waals surface area contributed by atoms with Gasteiger partial charge >= 0.3 is 0 Å². The van der Waals surface area contributed by atoms with Crippen LogP contribution < -0.4 is 15.0 Å². The molecule has 0 saturated carbocycles. The molecule has 0 aliphatic carbocycles. The van der Waals surface area contributed by atoms with Gasteiger partial charge in [0.2, 0.25) is 5.91 Å². The summed E-state index contributed by atoms with van der Waals surface area (Å²) in [5, 5.41) is 2.73. The highest BCUT2D eigenvalue weighted by atomic mass is 19.1. The van der Waals surface area contributed by atoms with E-state index in [-0.39, 0.29) is 36.6 Å². The van der Waals surface area contributed by atoms with Gasteiger partial charge in [-0.25, -0.2) is 8.78 Å². The Morgan fingerprint density at radius 3 is 2.39 bits per heavy atom. The molecule has 0 unspecified atom stereocenters. The fraction of sp³-hybridized carbons (Fsp3) is 0.0833. The minimum Gasteiger partial charge on any atom is -0.481 e. The van der Waals surface area contributed by atoms with Gasteiger partial charge in [0.1, 0.15) is 17.4 Å². The van der Waals surface area contributed by atoms with Crippen molar-refractivity contribution >= 4 is 29.3 Å². The molecule has 0 fully saturated rings. The van der Waals surface area contributed by atoms with E-state index in [0.717, 1.165) is 5.56 Å². The minimum absolute atomic E-state index is 0.129. The standard InChI is InChI=1S/C24H18F2N2O3/c25-18-6-1-16(2-7-18)5-12-23(29)27-20-10-11-21-22(13-20)31-15-24(30)28(21)14-17-3-8-19(26)9-4-17/h1-13H,14-15H2,(H,27,29)/b12-5+. The van der Waals surface area contributed by atoms with Crippen molar-refractivity contribution in [3.05, 3.63) is 95.6 Å². The van der Waals surface area contributed by atoms with Crippen LogP contribution in [0.2, 0.25) is 0 Å². The van der Waals surface area contributed by atoms with Gasteiger partial charge in [-0.2, -0.15) is 0 Å². The number of halogens is 2. The highest BCUT2D eigenvalue weighted by molar-refractivity contribution is 6.03. The molecular weight excluding hydrogens is 402 g/mol. The van der Waals surface area contributed by atoms with Crippen LogP contribution in [0.15, 0.2) is 72.8 Å². The topological polar surface area (TPSA) is 58.6 Å². The van der Waals surface area contributed by atoms with E-state index in [4.69, 9.17) is 4.74 Å². The average molecular weight is 420 g/mol. The first-order valence-corrected chi connectivity index (χ1v) is 9.54. The summed E-state index contributed by atoms with van der Waals surface area (Å²) < 4.78 is 31.6. The summed E-state index contributed by atoms with van der Waals surface area (Å²) >= 11 is 0. The Hall–Kier alpha value is -4.00. The molecule has 0 atom stereocenters. The first kappa shape index (κ1) is 20.3. The summed E-state index contributed by atoms with van der Waals surface area (Å²) in [6.07, 6.45) is 2.92. The lowest BCUT2D eigenvalue weighted by Gasteiger charge is -2.29. The fourth-order valence-electron chi connectivity index (χ4n) is 3.16. The van der Waals surface area contributed by atoms with Gasteiger partial charge in [-0.1, -0.05) is 24.3 Å². The van der Waals surface area contributed by atoms with Gasteiger partial charge in [0, 0.05) is 17.8 Å². The third-order valence-electron chi connectivity index (χ3n) is 4.72. The second-order valence-corrected chi connectivity index (χ2v) is 6.95. The van der Waals surface area contributed by atoms with Crippen LogP contribution in [0.1, 0.15) is 11.1 Å². The molecule has 0 saturated heterocycles. The van der Waals surface area contributed by atoms with Gasteiger partial charge in [-0.3, -0.25) is 9.59 Å². The molecule has 2 amide bonds. The Balaban J connectivity index is 1.47. The van der Waals surface area contributed by atoms with Crippen molar-refractivity contribution in [1.82, 2.24) is 0 Å². The van der Waals surface area contributed by atoms with E-state index >= 15 is 0 Å². The first-order chi connectivity index (χ1) is 15.0. The zero-order valence-corrected chi connectivity index (χ0v) is 16.3. The van der Waals surface area contributed by atoms with E-state index in [2.05, 4.69) is 5.32 Å². The smallest absolute Gasteiger partial charge is 0.265 e. The van der Waals surface area contributed by atoms with Gasteiger partial charge in [0.25, 0.3) is 5.91 Å². The predicted molar refractivity (Wildman–Crippen MR) is 114 cm³/mol. The Morgan fingerprint density at radius 1 is 1.00 bits per heavy atom. The van der Waals surface area contributed by atoms with Crippen molar-refractivity contribution in [2.75, 3.05) is 16.8 Å². The quantitative estimate of drug-likeness (QED) is 0.617. The van der Waals surface area contributed by atoms with E-state index in [1.807, 2.05) is 0 Å². The Labute approximate surface area is 177 Å². The molecule has 156 valence electrons. The van der Waals surface area contributed by atoms with Crippen LogP contribution >= 0.6 is 0 Å². The normalized spacial score (nSPS) is 13.1. The van der Waals surface area contributed by atoms with Crippen molar-refractivity contribution in [1.29, 1.82) is 0 Å². The zero-order chi connectivity index (χ0) is 21.8. The molecule has 4 rings (SSSR count). The van der Waals surface area contributed by atoms with Gasteiger partial charge in [-0.05, 0) is 53.6 Å². The SMILES string of the molecule is O=C(/C=C/c1ccc(F)cc1)Nc1ccc2c(c1)OCC(=O)N2Cc1ccc(F)cc1. The molecule has 3 aromatic rings. The molecule has 31 heavy (non-hydrogen) atoms. The Bertz CT molecular complexity index is 1140. The lowest BCUT2D eigenvalue weighted by atomic mass is 10.1. The summed E-state index contributed by atoms with van der Waals surface area (Å²) in [5.41, 5.74) is 2.55. The van der Waals surface area contributed by atoms with Crippen molar-refractivity contribution in [2.45, 2.75) is 6.54 Å². The van der Waals surface area contributed by atoms with Gasteiger partial charge < -0.3 is 15.0 Å². The van der Waals surface area contributed by atoms with Crippen LogP contribution in [0.5, 0.6) is 5.75 Å². The number of anilines is 2. The number of hydrogen-bond donors (Lipinski definition) is 1. The predicted octanol–water partition coefficient (Wildman–Crippen LogP) is 4.54. The average Bonchev–Trinajstić information content (AvgIpc) is 2.77. The van der Waals surface area contributed by atoms with E-state index in [1.54, 1.807) is 53.4 Å².